The van der Waals surface area contributed by atoms with Gasteiger partial charge in [0.2, 0.25) is 0 Å². The number of hydrogen-bond donors (Lipinski definition) is 0. The van der Waals surface area contributed by atoms with Crippen LogP contribution in [-0.4, -0.2) is 30.2 Å². The van der Waals surface area contributed by atoms with Gasteiger partial charge in [-0.25, -0.2) is 4.79 Å². The van der Waals surface area contributed by atoms with Crippen LogP contribution in [0.2, 0.25) is 0 Å². The van der Waals surface area contributed by atoms with Crippen molar-refractivity contribution in [3.05, 3.63) is 77.4 Å². The first-order valence-corrected chi connectivity index (χ1v) is 11.1. The fourth-order valence-electron chi connectivity index (χ4n) is 4.25. The van der Waals surface area contributed by atoms with E-state index in [2.05, 4.69) is 55.5 Å². The van der Waals surface area contributed by atoms with Crippen LogP contribution in [0.3, 0.4) is 0 Å². The molecule has 1 amide bonds. The summed E-state index contributed by atoms with van der Waals surface area (Å²) in [4.78, 5) is 14.3. The average Bonchev–Trinajstić information content (AvgIpc) is 2.77. The van der Waals surface area contributed by atoms with Crippen LogP contribution >= 0.6 is 0 Å². The van der Waals surface area contributed by atoms with Gasteiger partial charge in [-0.2, -0.15) is 0 Å². The third kappa shape index (κ3) is 4.64. The Hall–Kier alpha value is -3.27. The molecular weight excluding hydrogens is 398 g/mol. The number of amides is 1. The zero-order valence-electron chi connectivity index (χ0n) is 19.6. The van der Waals surface area contributed by atoms with Crippen molar-refractivity contribution in [2.24, 2.45) is 0 Å². The van der Waals surface area contributed by atoms with Crippen molar-refractivity contribution < 1.29 is 14.3 Å². The molecule has 0 atom stereocenters. The van der Waals surface area contributed by atoms with Gasteiger partial charge < -0.3 is 14.4 Å². The van der Waals surface area contributed by atoms with Gasteiger partial charge in [-0.3, -0.25) is 0 Å². The van der Waals surface area contributed by atoms with Gasteiger partial charge in [0.05, 0.1) is 7.11 Å². The van der Waals surface area contributed by atoms with E-state index in [-0.39, 0.29) is 6.09 Å². The van der Waals surface area contributed by atoms with Crippen molar-refractivity contribution in [3.8, 4) is 28.0 Å². The van der Waals surface area contributed by atoms with Crippen LogP contribution in [0.1, 0.15) is 37.5 Å². The predicted molar refractivity (Wildman–Crippen MR) is 129 cm³/mol. The Labute approximate surface area is 190 Å². The maximum atomic E-state index is 12.5. The molecule has 0 spiro atoms. The summed E-state index contributed by atoms with van der Waals surface area (Å²) < 4.78 is 11.0. The van der Waals surface area contributed by atoms with E-state index >= 15 is 0 Å². The largest absolute Gasteiger partial charge is 0.497 e. The van der Waals surface area contributed by atoms with Gasteiger partial charge in [-0.05, 0) is 85.2 Å². The van der Waals surface area contributed by atoms with E-state index < -0.39 is 5.60 Å². The molecule has 0 unspecified atom stereocenters. The Kier molecular flexibility index (Phi) is 5.96. The van der Waals surface area contributed by atoms with Crippen molar-refractivity contribution in [1.29, 1.82) is 0 Å². The summed E-state index contributed by atoms with van der Waals surface area (Å²) in [6.07, 6.45) is 0.589. The van der Waals surface area contributed by atoms with Crippen molar-refractivity contribution in [3.63, 3.8) is 0 Å². The fourth-order valence-corrected chi connectivity index (χ4v) is 4.25. The first-order chi connectivity index (χ1) is 15.2. The Morgan fingerprint density at radius 3 is 2.28 bits per heavy atom. The van der Waals surface area contributed by atoms with Gasteiger partial charge in [-0.15, -0.1) is 0 Å². The van der Waals surface area contributed by atoms with E-state index in [9.17, 15) is 4.79 Å². The smallest absolute Gasteiger partial charge is 0.410 e. The molecule has 0 aliphatic carbocycles. The number of methoxy groups -OCH3 is 1. The zero-order valence-corrected chi connectivity index (χ0v) is 19.6. The minimum absolute atomic E-state index is 0.242. The molecule has 4 rings (SSSR count). The zero-order chi connectivity index (χ0) is 22.9. The lowest BCUT2D eigenvalue weighted by Crippen LogP contribution is -2.39. The quantitative estimate of drug-likeness (QED) is 0.469. The van der Waals surface area contributed by atoms with E-state index in [1.165, 1.54) is 33.4 Å². The van der Waals surface area contributed by atoms with Crippen molar-refractivity contribution in [2.45, 2.75) is 46.3 Å². The second kappa shape index (κ2) is 8.70. The summed E-state index contributed by atoms with van der Waals surface area (Å²) in [5.74, 6) is 0.857. The average molecular weight is 430 g/mol. The molecule has 0 aromatic heterocycles. The van der Waals surface area contributed by atoms with Crippen LogP contribution in [0.5, 0.6) is 5.75 Å². The Bertz CT molecular complexity index is 1140. The predicted octanol–water partition coefficient (Wildman–Crippen LogP) is 6.63. The molecule has 0 radical (unpaired) electrons. The number of carbonyl (C=O) groups excluding carboxylic acids is 1. The summed E-state index contributed by atoms with van der Waals surface area (Å²) in [6.45, 7) is 9.14. The normalized spacial score (nSPS) is 13.5. The molecule has 0 bridgehead atoms. The van der Waals surface area contributed by atoms with Gasteiger partial charge in [0, 0.05) is 13.1 Å². The summed E-state index contributed by atoms with van der Waals surface area (Å²) in [5.41, 5.74) is 8.03. The van der Waals surface area contributed by atoms with Crippen LogP contribution in [0.25, 0.3) is 22.3 Å². The number of benzene rings is 3. The highest BCUT2D eigenvalue weighted by molar-refractivity contribution is 5.79. The molecule has 0 N–H and O–H groups in total. The molecule has 0 saturated heterocycles. The topological polar surface area (TPSA) is 38.8 Å². The molecule has 166 valence electrons. The molecule has 4 nitrogen and oxygen atoms in total. The van der Waals surface area contributed by atoms with Gasteiger partial charge in [-0.1, -0.05) is 48.5 Å². The number of fused-ring (bicyclic) bond motifs is 1. The summed E-state index contributed by atoms with van der Waals surface area (Å²) in [7, 11) is 1.69. The van der Waals surface area contributed by atoms with E-state index in [0.717, 1.165) is 17.7 Å². The SMILES string of the molecule is COc1cccc(-c2cccc(-c3ccc4c(c3)CCN(C(=O)OC(C)(C)C)C4)c2C)c1. The molecule has 3 aromatic carbocycles. The first kappa shape index (κ1) is 21.9. The van der Waals surface area contributed by atoms with E-state index in [0.29, 0.717) is 13.1 Å². The minimum Gasteiger partial charge on any atom is -0.497 e. The lowest BCUT2D eigenvalue weighted by molar-refractivity contribution is 0.0224. The second-order valence-corrected chi connectivity index (χ2v) is 9.35. The van der Waals surface area contributed by atoms with E-state index in [1.807, 2.05) is 32.9 Å². The third-order valence-corrected chi connectivity index (χ3v) is 5.90. The van der Waals surface area contributed by atoms with Crippen LogP contribution < -0.4 is 4.74 Å². The van der Waals surface area contributed by atoms with Gasteiger partial charge >= 0.3 is 6.09 Å². The monoisotopic (exact) mass is 429 g/mol. The molecule has 4 heteroatoms. The number of nitrogens with zero attached hydrogens (tertiary/aromatic N) is 1. The van der Waals surface area contributed by atoms with Gasteiger partial charge in [0.1, 0.15) is 11.4 Å². The molecule has 32 heavy (non-hydrogen) atoms. The molecule has 1 heterocycles. The lowest BCUT2D eigenvalue weighted by atomic mass is 9.90. The second-order valence-electron chi connectivity index (χ2n) is 9.35. The van der Waals surface area contributed by atoms with Gasteiger partial charge in [0.25, 0.3) is 0 Å². The third-order valence-electron chi connectivity index (χ3n) is 5.90. The van der Waals surface area contributed by atoms with Crippen LogP contribution in [0, 0.1) is 6.92 Å². The molecule has 0 fully saturated rings. The van der Waals surface area contributed by atoms with E-state index in [1.54, 1.807) is 12.0 Å². The van der Waals surface area contributed by atoms with E-state index in [4.69, 9.17) is 9.47 Å². The number of ether oxygens (including phenoxy) is 2. The molecule has 3 aromatic rings. The summed E-state index contributed by atoms with van der Waals surface area (Å²) in [6, 6.07) is 21.2. The number of rotatable bonds is 3. The molecule has 1 aliphatic heterocycles. The first-order valence-electron chi connectivity index (χ1n) is 11.1. The fraction of sp³-hybridized carbons (Fsp3) is 0.321. The molecule has 1 aliphatic rings. The Morgan fingerprint density at radius 2 is 1.59 bits per heavy atom. The highest BCUT2D eigenvalue weighted by Crippen LogP contribution is 2.34. The number of carbonyl (C=O) groups is 1. The maximum absolute atomic E-state index is 12.5. The standard InChI is InChI=1S/C28H31NO3/c1-19-25(21-8-6-9-24(17-21)31-5)10-7-11-26(19)22-12-13-23-18-29(15-14-20(23)16-22)27(30)32-28(2,3)4/h6-13,16-17H,14-15,18H2,1-5H3. The van der Waals surface area contributed by atoms with Gasteiger partial charge in [0.15, 0.2) is 0 Å². The highest BCUT2D eigenvalue weighted by atomic mass is 16.6. The maximum Gasteiger partial charge on any atom is 0.410 e. The highest BCUT2D eigenvalue weighted by Gasteiger charge is 2.26. The van der Waals surface area contributed by atoms with Crippen molar-refractivity contribution in [1.82, 2.24) is 4.90 Å². The van der Waals surface area contributed by atoms with Crippen LogP contribution in [0.15, 0.2) is 60.7 Å². The summed E-state index contributed by atoms with van der Waals surface area (Å²) >= 11 is 0. The summed E-state index contributed by atoms with van der Waals surface area (Å²) in [5, 5.41) is 0. The van der Waals surface area contributed by atoms with Crippen molar-refractivity contribution >= 4 is 6.09 Å². The lowest BCUT2D eigenvalue weighted by Gasteiger charge is -2.31. The molecule has 0 saturated carbocycles. The van der Waals surface area contributed by atoms with Crippen LogP contribution in [-0.2, 0) is 17.7 Å². The molecular formula is C28H31NO3. The van der Waals surface area contributed by atoms with Crippen LogP contribution in [0.4, 0.5) is 4.79 Å². The number of hydrogen-bond acceptors (Lipinski definition) is 3. The Balaban J connectivity index is 1.61. The van der Waals surface area contributed by atoms with Crippen molar-refractivity contribution in [2.75, 3.05) is 13.7 Å². The minimum atomic E-state index is -0.480. The Morgan fingerprint density at radius 1 is 0.906 bits per heavy atom.